The van der Waals surface area contributed by atoms with Crippen LogP contribution in [0.4, 0.5) is 0 Å². The van der Waals surface area contributed by atoms with E-state index in [2.05, 4.69) is 29.3 Å². The van der Waals surface area contributed by atoms with Gasteiger partial charge in [0.2, 0.25) is 0 Å². The molecule has 1 aromatic carbocycles. The highest BCUT2D eigenvalue weighted by molar-refractivity contribution is 5.62. The molecule has 0 bridgehead atoms. The van der Waals surface area contributed by atoms with Crippen LogP contribution >= 0.6 is 0 Å². The summed E-state index contributed by atoms with van der Waals surface area (Å²) in [5.41, 5.74) is 3.03. The minimum absolute atomic E-state index is 0.168. The predicted molar refractivity (Wildman–Crippen MR) is 64.3 cm³/mol. The number of nitrogens with zero attached hydrogens (tertiary/aromatic N) is 1. The second-order valence-electron chi connectivity index (χ2n) is 3.78. The molecule has 0 amide bonds. The molecule has 2 rings (SSSR count). The fourth-order valence-electron chi connectivity index (χ4n) is 1.73. The van der Waals surface area contributed by atoms with E-state index in [0.29, 0.717) is 0 Å². The lowest BCUT2D eigenvalue weighted by Crippen LogP contribution is -2.05. The molecule has 0 aliphatic carbocycles. The zero-order valence-electron chi connectivity index (χ0n) is 9.23. The quantitative estimate of drug-likeness (QED) is 0.852. The summed E-state index contributed by atoms with van der Waals surface area (Å²) in [5, 5.41) is 6.17. The zero-order valence-corrected chi connectivity index (χ0v) is 9.23. The summed E-state index contributed by atoms with van der Waals surface area (Å²) < 4.78 is 0. The topological polar surface area (TPSA) is 45.8 Å². The number of hydrogen-bond acceptors (Lipinski definition) is 2. The number of H-pyrrole nitrogens is 1. The molecular weight excluding hydrogens is 200 g/mol. The van der Waals surface area contributed by atoms with Crippen molar-refractivity contribution in [3.63, 3.8) is 0 Å². The Morgan fingerprint density at radius 2 is 2.12 bits per heavy atom. The van der Waals surface area contributed by atoms with Gasteiger partial charge in [-0.3, -0.25) is 4.79 Å². The molecule has 0 unspecified atom stereocenters. The fraction of sp³-hybridized carbons (Fsp3) is 0.231. The van der Waals surface area contributed by atoms with Gasteiger partial charge in [0.05, 0.1) is 6.20 Å². The molecule has 0 radical (unpaired) electrons. The molecule has 1 N–H and O–H groups in total. The summed E-state index contributed by atoms with van der Waals surface area (Å²) in [6.45, 7) is 2.15. The second kappa shape index (κ2) is 4.75. The van der Waals surface area contributed by atoms with Gasteiger partial charge in [-0.1, -0.05) is 37.6 Å². The second-order valence-corrected chi connectivity index (χ2v) is 3.78. The van der Waals surface area contributed by atoms with E-state index in [-0.39, 0.29) is 5.56 Å². The van der Waals surface area contributed by atoms with Gasteiger partial charge in [0.25, 0.3) is 5.56 Å². The van der Waals surface area contributed by atoms with E-state index in [1.54, 1.807) is 12.3 Å². The Labute approximate surface area is 94.2 Å². The standard InChI is InChI=1S/C13H14N2O/c1-2-4-10-5-3-6-11(7-10)12-8-13(16)15-14-9-12/h3,5-9H,2,4H2,1H3,(H,15,16). The normalized spacial score (nSPS) is 10.3. The van der Waals surface area contributed by atoms with Crippen molar-refractivity contribution in [1.82, 2.24) is 10.2 Å². The number of aryl methyl sites for hydroxylation is 1. The van der Waals surface area contributed by atoms with Crippen molar-refractivity contribution in [3.8, 4) is 11.1 Å². The Bertz CT molecular complexity index is 531. The first-order valence-corrected chi connectivity index (χ1v) is 5.43. The number of aromatic nitrogens is 2. The van der Waals surface area contributed by atoms with E-state index in [0.717, 1.165) is 24.0 Å². The lowest BCUT2D eigenvalue weighted by molar-refractivity contribution is 0.922. The van der Waals surface area contributed by atoms with E-state index in [1.165, 1.54) is 5.56 Å². The summed E-state index contributed by atoms with van der Waals surface area (Å²) in [6, 6.07) is 9.79. The molecule has 0 aliphatic heterocycles. The molecule has 0 fully saturated rings. The maximum atomic E-state index is 11.2. The van der Waals surface area contributed by atoms with Crippen molar-refractivity contribution in [3.05, 3.63) is 52.4 Å². The summed E-state index contributed by atoms with van der Waals surface area (Å²) in [7, 11) is 0. The molecule has 0 saturated carbocycles. The first kappa shape index (κ1) is 10.6. The summed E-state index contributed by atoms with van der Waals surface area (Å²) in [6.07, 6.45) is 3.86. The summed E-state index contributed by atoms with van der Waals surface area (Å²) >= 11 is 0. The first-order chi connectivity index (χ1) is 7.79. The van der Waals surface area contributed by atoms with Crippen molar-refractivity contribution in [2.45, 2.75) is 19.8 Å². The van der Waals surface area contributed by atoms with Gasteiger partial charge in [-0.2, -0.15) is 5.10 Å². The highest BCUT2D eigenvalue weighted by Gasteiger charge is 2.00. The van der Waals surface area contributed by atoms with Gasteiger partial charge in [0, 0.05) is 11.6 Å². The third-order valence-corrected chi connectivity index (χ3v) is 2.46. The average molecular weight is 214 g/mol. The smallest absolute Gasteiger partial charge is 0.264 e. The van der Waals surface area contributed by atoms with Crippen molar-refractivity contribution < 1.29 is 0 Å². The van der Waals surface area contributed by atoms with Gasteiger partial charge in [-0.15, -0.1) is 0 Å². The van der Waals surface area contributed by atoms with Gasteiger partial charge >= 0.3 is 0 Å². The van der Waals surface area contributed by atoms with Crippen LogP contribution in [0.2, 0.25) is 0 Å². The number of rotatable bonds is 3. The van der Waals surface area contributed by atoms with Gasteiger partial charge in [0.1, 0.15) is 0 Å². The molecule has 0 aliphatic rings. The van der Waals surface area contributed by atoms with Gasteiger partial charge in [0.15, 0.2) is 0 Å². The number of aromatic amines is 1. The van der Waals surface area contributed by atoms with Crippen molar-refractivity contribution >= 4 is 0 Å². The van der Waals surface area contributed by atoms with Crippen LogP contribution in [0.15, 0.2) is 41.3 Å². The molecule has 0 spiro atoms. The molecule has 0 saturated heterocycles. The molecule has 1 heterocycles. The minimum atomic E-state index is -0.168. The van der Waals surface area contributed by atoms with Crippen LogP contribution in [0, 0.1) is 0 Å². The largest absolute Gasteiger partial charge is 0.268 e. The van der Waals surface area contributed by atoms with Crippen molar-refractivity contribution in [1.29, 1.82) is 0 Å². The Morgan fingerprint density at radius 1 is 1.25 bits per heavy atom. The minimum Gasteiger partial charge on any atom is -0.268 e. The lowest BCUT2D eigenvalue weighted by Gasteiger charge is -2.03. The van der Waals surface area contributed by atoms with Crippen molar-refractivity contribution in [2.75, 3.05) is 0 Å². The Balaban J connectivity index is 2.40. The maximum Gasteiger partial charge on any atom is 0.264 e. The van der Waals surface area contributed by atoms with Crippen LogP contribution in [0.25, 0.3) is 11.1 Å². The first-order valence-electron chi connectivity index (χ1n) is 5.43. The van der Waals surface area contributed by atoms with Gasteiger partial charge in [-0.05, 0) is 17.5 Å². The van der Waals surface area contributed by atoms with E-state index in [1.807, 2.05) is 12.1 Å². The van der Waals surface area contributed by atoms with Gasteiger partial charge < -0.3 is 0 Å². The lowest BCUT2D eigenvalue weighted by atomic mass is 10.0. The Hall–Kier alpha value is -1.90. The van der Waals surface area contributed by atoms with Gasteiger partial charge in [-0.25, -0.2) is 5.10 Å². The monoisotopic (exact) mass is 214 g/mol. The Kier molecular flexibility index (Phi) is 3.15. The third-order valence-electron chi connectivity index (χ3n) is 2.46. The van der Waals surface area contributed by atoms with Crippen LogP contribution in [-0.2, 0) is 6.42 Å². The van der Waals surface area contributed by atoms with E-state index < -0.39 is 0 Å². The molecular formula is C13H14N2O. The fourth-order valence-corrected chi connectivity index (χ4v) is 1.73. The summed E-state index contributed by atoms with van der Waals surface area (Å²) in [5.74, 6) is 0. The van der Waals surface area contributed by atoms with Crippen LogP contribution in [0.3, 0.4) is 0 Å². The SMILES string of the molecule is CCCc1cccc(-c2cn[nH]c(=O)c2)c1. The Morgan fingerprint density at radius 3 is 2.88 bits per heavy atom. The molecule has 1 aromatic heterocycles. The molecule has 3 heteroatoms. The number of nitrogens with one attached hydrogen (secondary N) is 1. The average Bonchev–Trinajstić information content (AvgIpc) is 2.30. The predicted octanol–water partition coefficient (Wildman–Crippen LogP) is 2.39. The van der Waals surface area contributed by atoms with E-state index in [4.69, 9.17) is 0 Å². The highest BCUT2D eigenvalue weighted by Crippen LogP contribution is 2.18. The zero-order chi connectivity index (χ0) is 11.4. The molecule has 2 aromatic rings. The van der Waals surface area contributed by atoms with Crippen LogP contribution in [0.5, 0.6) is 0 Å². The number of hydrogen-bond donors (Lipinski definition) is 1. The van der Waals surface area contributed by atoms with E-state index in [9.17, 15) is 4.79 Å². The molecule has 82 valence electrons. The number of benzene rings is 1. The van der Waals surface area contributed by atoms with Crippen LogP contribution < -0.4 is 5.56 Å². The van der Waals surface area contributed by atoms with Crippen molar-refractivity contribution in [2.24, 2.45) is 0 Å². The van der Waals surface area contributed by atoms with E-state index >= 15 is 0 Å². The van der Waals surface area contributed by atoms with Crippen LogP contribution in [0.1, 0.15) is 18.9 Å². The summed E-state index contributed by atoms with van der Waals surface area (Å²) in [4.78, 5) is 11.2. The third kappa shape index (κ3) is 2.37. The maximum absolute atomic E-state index is 11.2. The highest BCUT2D eigenvalue weighted by atomic mass is 16.1. The molecule has 0 atom stereocenters. The molecule has 3 nitrogen and oxygen atoms in total. The molecule has 16 heavy (non-hydrogen) atoms. The van der Waals surface area contributed by atoms with Crippen LogP contribution in [-0.4, -0.2) is 10.2 Å².